The number of benzene rings is 1. The second-order valence-electron chi connectivity index (χ2n) is 4.29. The molecule has 4 nitrogen and oxygen atoms in total. The first-order valence-corrected chi connectivity index (χ1v) is 7.91. The second kappa shape index (κ2) is 6.83. The minimum atomic E-state index is -0.832. The van der Waals surface area contributed by atoms with Crippen LogP contribution < -0.4 is 5.32 Å². The first kappa shape index (κ1) is 16.4. The Kier molecular flexibility index (Phi) is 5.32. The van der Waals surface area contributed by atoms with Crippen LogP contribution in [0.5, 0.6) is 0 Å². The van der Waals surface area contributed by atoms with Crippen molar-refractivity contribution in [1.82, 2.24) is 4.98 Å². The topological polar surface area (TPSA) is 62.2 Å². The number of nitrogens with zero attached hydrogens (tertiary/aromatic N) is 1. The zero-order valence-corrected chi connectivity index (χ0v) is 14.0. The Labute approximate surface area is 140 Å². The van der Waals surface area contributed by atoms with Crippen LogP contribution in [0.4, 0.5) is 10.8 Å². The van der Waals surface area contributed by atoms with Crippen LogP contribution in [0.2, 0.25) is 15.1 Å². The van der Waals surface area contributed by atoms with Gasteiger partial charge in [-0.3, -0.25) is 4.79 Å². The number of rotatable bonds is 5. The summed E-state index contributed by atoms with van der Waals surface area (Å²) in [6.07, 6.45) is 0.521. The van der Waals surface area contributed by atoms with Crippen molar-refractivity contribution in [3.8, 4) is 0 Å². The number of nitrogens with one attached hydrogen (secondary N) is 1. The van der Waals surface area contributed by atoms with Crippen LogP contribution in [-0.2, 0) is 11.2 Å². The zero-order valence-electron chi connectivity index (χ0n) is 10.9. The average Bonchev–Trinajstić information content (AvgIpc) is 2.71. The predicted octanol–water partition coefficient (Wildman–Crippen LogP) is 5.17. The number of hydrogen-bond acceptors (Lipinski definition) is 4. The van der Waals surface area contributed by atoms with E-state index in [1.54, 1.807) is 12.1 Å². The number of carboxylic acids is 1. The highest BCUT2D eigenvalue weighted by Crippen LogP contribution is 2.37. The first-order valence-electron chi connectivity index (χ1n) is 5.96. The Hall–Kier alpha value is -1.01. The molecular weight excluding hydrogens is 355 g/mol. The maximum Gasteiger partial charge on any atom is 0.303 e. The van der Waals surface area contributed by atoms with Crippen molar-refractivity contribution in [2.45, 2.75) is 19.8 Å². The summed E-state index contributed by atoms with van der Waals surface area (Å²) < 4.78 is 0. The molecule has 0 bridgehead atoms. The minimum absolute atomic E-state index is 0.0743. The molecule has 0 aliphatic heterocycles. The summed E-state index contributed by atoms with van der Waals surface area (Å²) in [5.74, 6) is -0.832. The summed E-state index contributed by atoms with van der Waals surface area (Å²) in [4.78, 5) is 15.9. The summed E-state index contributed by atoms with van der Waals surface area (Å²) in [5, 5.41) is 13.6. The molecule has 0 saturated carbocycles. The molecule has 2 rings (SSSR count). The van der Waals surface area contributed by atoms with Gasteiger partial charge in [0.05, 0.1) is 27.8 Å². The molecule has 0 amide bonds. The van der Waals surface area contributed by atoms with E-state index < -0.39 is 5.97 Å². The van der Waals surface area contributed by atoms with E-state index >= 15 is 0 Å². The summed E-state index contributed by atoms with van der Waals surface area (Å²) >= 11 is 19.4. The van der Waals surface area contributed by atoms with Gasteiger partial charge in [-0.1, -0.05) is 34.8 Å². The lowest BCUT2D eigenvalue weighted by molar-refractivity contribution is -0.136. The fourth-order valence-electron chi connectivity index (χ4n) is 1.70. The fraction of sp³-hybridized carbons (Fsp3) is 0.231. The summed E-state index contributed by atoms with van der Waals surface area (Å²) in [6.45, 7) is 1.84. The van der Waals surface area contributed by atoms with Gasteiger partial charge in [-0.05, 0) is 25.5 Å². The smallest absolute Gasteiger partial charge is 0.303 e. The summed E-state index contributed by atoms with van der Waals surface area (Å²) in [5.41, 5.74) is 1.33. The molecule has 0 aliphatic carbocycles. The van der Waals surface area contributed by atoms with Crippen molar-refractivity contribution in [3.05, 3.63) is 37.8 Å². The molecule has 0 aliphatic rings. The van der Waals surface area contributed by atoms with Crippen LogP contribution in [0.3, 0.4) is 0 Å². The number of carboxylic acid groups (broad SMARTS) is 1. The van der Waals surface area contributed by atoms with Crippen molar-refractivity contribution in [2.24, 2.45) is 0 Å². The Bertz CT molecular complexity index is 665. The third-order valence-electron chi connectivity index (χ3n) is 2.70. The number of hydrogen-bond donors (Lipinski definition) is 2. The minimum Gasteiger partial charge on any atom is -0.481 e. The van der Waals surface area contributed by atoms with Crippen LogP contribution in [0, 0.1) is 6.92 Å². The van der Waals surface area contributed by atoms with Crippen molar-refractivity contribution in [1.29, 1.82) is 0 Å². The molecule has 112 valence electrons. The second-order valence-corrected chi connectivity index (χ2v) is 6.63. The molecule has 1 aromatic carbocycles. The Morgan fingerprint density at radius 3 is 2.52 bits per heavy atom. The fourth-order valence-corrected chi connectivity index (χ4v) is 3.58. The summed E-state index contributed by atoms with van der Waals surface area (Å²) in [6, 6.07) is 3.17. The third-order valence-corrected chi connectivity index (χ3v) is 4.64. The molecule has 0 radical (unpaired) electrons. The molecule has 2 aromatic rings. The van der Waals surface area contributed by atoms with Crippen molar-refractivity contribution in [2.75, 3.05) is 5.32 Å². The maximum atomic E-state index is 10.6. The quantitative estimate of drug-likeness (QED) is 0.767. The van der Waals surface area contributed by atoms with E-state index in [9.17, 15) is 4.79 Å². The predicted molar refractivity (Wildman–Crippen MR) is 87.6 cm³/mol. The van der Waals surface area contributed by atoms with Gasteiger partial charge in [0.2, 0.25) is 0 Å². The lowest BCUT2D eigenvalue weighted by Crippen LogP contribution is -1.96. The van der Waals surface area contributed by atoms with Gasteiger partial charge in [-0.25, -0.2) is 4.98 Å². The van der Waals surface area contributed by atoms with E-state index in [1.165, 1.54) is 11.3 Å². The Balaban J connectivity index is 2.21. The van der Waals surface area contributed by atoms with E-state index in [4.69, 9.17) is 39.9 Å². The molecule has 2 N–H and O–H groups in total. The van der Waals surface area contributed by atoms with E-state index in [0.29, 0.717) is 32.3 Å². The molecule has 1 heterocycles. The van der Waals surface area contributed by atoms with E-state index in [2.05, 4.69) is 10.3 Å². The molecule has 8 heteroatoms. The molecule has 21 heavy (non-hydrogen) atoms. The largest absolute Gasteiger partial charge is 0.481 e. The number of halogens is 3. The van der Waals surface area contributed by atoms with Gasteiger partial charge < -0.3 is 10.4 Å². The number of thiazole rings is 1. The average molecular weight is 366 g/mol. The number of carbonyl (C=O) groups is 1. The van der Waals surface area contributed by atoms with Crippen molar-refractivity contribution >= 4 is 62.9 Å². The molecule has 0 spiro atoms. The maximum absolute atomic E-state index is 10.6. The SMILES string of the molecule is Cc1nc(Nc2c(Cl)cc(Cl)cc2Cl)sc1CCC(=O)O. The molecule has 0 fully saturated rings. The van der Waals surface area contributed by atoms with Crippen LogP contribution in [0.15, 0.2) is 12.1 Å². The third kappa shape index (κ3) is 4.23. The van der Waals surface area contributed by atoms with Crippen LogP contribution >= 0.6 is 46.1 Å². The van der Waals surface area contributed by atoms with Gasteiger partial charge in [0, 0.05) is 9.90 Å². The lowest BCUT2D eigenvalue weighted by atomic mass is 10.2. The number of aliphatic carboxylic acids is 1. The first-order chi connectivity index (χ1) is 9.86. The van der Waals surface area contributed by atoms with E-state index in [-0.39, 0.29) is 6.42 Å². The normalized spacial score (nSPS) is 10.7. The number of anilines is 2. The van der Waals surface area contributed by atoms with E-state index in [0.717, 1.165) is 10.6 Å². The lowest BCUT2D eigenvalue weighted by Gasteiger charge is -2.08. The van der Waals surface area contributed by atoms with E-state index in [1.807, 2.05) is 6.92 Å². The Morgan fingerprint density at radius 1 is 1.33 bits per heavy atom. The van der Waals surface area contributed by atoms with Gasteiger partial charge in [-0.2, -0.15) is 0 Å². The highest BCUT2D eigenvalue weighted by molar-refractivity contribution is 7.15. The van der Waals surface area contributed by atoms with Crippen LogP contribution in [-0.4, -0.2) is 16.1 Å². The molecule has 0 unspecified atom stereocenters. The highest BCUT2D eigenvalue weighted by atomic mass is 35.5. The summed E-state index contributed by atoms with van der Waals surface area (Å²) in [7, 11) is 0. The van der Waals surface area contributed by atoms with Gasteiger partial charge in [0.1, 0.15) is 0 Å². The van der Waals surface area contributed by atoms with Crippen LogP contribution in [0.1, 0.15) is 17.0 Å². The molecular formula is C13H11Cl3N2O2S. The molecule has 0 atom stereocenters. The van der Waals surface area contributed by atoms with Crippen molar-refractivity contribution < 1.29 is 9.90 Å². The Morgan fingerprint density at radius 2 is 1.95 bits per heavy atom. The van der Waals surface area contributed by atoms with Gasteiger partial charge >= 0.3 is 5.97 Å². The zero-order chi connectivity index (χ0) is 15.6. The molecule has 0 saturated heterocycles. The monoisotopic (exact) mass is 364 g/mol. The number of aromatic nitrogens is 1. The number of aryl methyl sites for hydroxylation is 2. The molecule has 1 aromatic heterocycles. The van der Waals surface area contributed by atoms with Crippen LogP contribution in [0.25, 0.3) is 0 Å². The van der Waals surface area contributed by atoms with Gasteiger partial charge in [-0.15, -0.1) is 11.3 Å². The van der Waals surface area contributed by atoms with Crippen molar-refractivity contribution in [3.63, 3.8) is 0 Å². The standard InChI is InChI=1S/C13H11Cl3N2O2S/c1-6-10(2-3-11(19)20)21-13(17-6)18-12-8(15)4-7(14)5-9(12)16/h4-5H,2-3H2,1H3,(H,17,18)(H,19,20). The van der Waals surface area contributed by atoms with Gasteiger partial charge in [0.25, 0.3) is 0 Å². The van der Waals surface area contributed by atoms with Gasteiger partial charge in [0.15, 0.2) is 5.13 Å². The highest BCUT2D eigenvalue weighted by Gasteiger charge is 2.13.